The standard InChI is InChI=1S/C20H27N5OS/c1-13-4-3-5-17(14(13)2)22-18(26)12-27-20-24-23-19(25(20)16-6-7-16)15-8-10-21-11-9-15/h8-11,13-14,16-17H,3-7,12H2,1-2H3,(H,22,26)/t13-,14-,17+/m1/s1. The predicted octanol–water partition coefficient (Wildman–Crippen LogP) is 3.71. The second-order valence-electron chi connectivity index (χ2n) is 7.87. The highest BCUT2D eigenvalue weighted by atomic mass is 32.2. The molecule has 0 spiro atoms. The summed E-state index contributed by atoms with van der Waals surface area (Å²) in [5, 5.41) is 12.9. The van der Waals surface area contributed by atoms with Crippen LogP contribution in [-0.2, 0) is 4.79 Å². The molecule has 7 heteroatoms. The third kappa shape index (κ3) is 4.18. The summed E-state index contributed by atoms with van der Waals surface area (Å²) >= 11 is 1.49. The SMILES string of the molecule is C[C@@H]1[C@H](C)CCC[C@@H]1NC(=O)CSc1nnc(-c2ccncc2)n1C1CC1. The zero-order valence-electron chi connectivity index (χ0n) is 16.0. The largest absolute Gasteiger partial charge is 0.352 e. The third-order valence-corrected chi connectivity index (χ3v) is 6.84. The maximum atomic E-state index is 12.5. The Labute approximate surface area is 164 Å². The lowest BCUT2D eigenvalue weighted by Gasteiger charge is -2.34. The van der Waals surface area contributed by atoms with Crippen molar-refractivity contribution >= 4 is 17.7 Å². The van der Waals surface area contributed by atoms with Crippen LogP contribution in [0, 0.1) is 11.8 Å². The Morgan fingerprint density at radius 2 is 1.96 bits per heavy atom. The number of amides is 1. The van der Waals surface area contributed by atoms with Gasteiger partial charge in [0, 0.05) is 30.0 Å². The summed E-state index contributed by atoms with van der Waals surface area (Å²) in [6.45, 7) is 4.54. The number of hydrogen-bond donors (Lipinski definition) is 1. The van der Waals surface area contributed by atoms with Crippen molar-refractivity contribution in [3.63, 3.8) is 0 Å². The van der Waals surface area contributed by atoms with E-state index in [0.717, 1.165) is 35.8 Å². The number of thioether (sulfide) groups is 1. The quantitative estimate of drug-likeness (QED) is 0.768. The summed E-state index contributed by atoms with van der Waals surface area (Å²) < 4.78 is 2.19. The molecule has 4 rings (SSSR count). The van der Waals surface area contributed by atoms with E-state index in [1.54, 1.807) is 12.4 Å². The van der Waals surface area contributed by atoms with Gasteiger partial charge in [-0.2, -0.15) is 0 Å². The summed E-state index contributed by atoms with van der Waals surface area (Å²) in [6.07, 6.45) is 9.40. The van der Waals surface area contributed by atoms with Crippen LogP contribution >= 0.6 is 11.8 Å². The van der Waals surface area contributed by atoms with Gasteiger partial charge in [-0.15, -0.1) is 10.2 Å². The van der Waals surface area contributed by atoms with E-state index in [4.69, 9.17) is 0 Å². The molecule has 27 heavy (non-hydrogen) atoms. The van der Waals surface area contributed by atoms with Gasteiger partial charge in [-0.3, -0.25) is 14.3 Å². The molecule has 6 nitrogen and oxygen atoms in total. The Morgan fingerprint density at radius 3 is 2.70 bits per heavy atom. The third-order valence-electron chi connectivity index (χ3n) is 5.90. The number of rotatable bonds is 6. The van der Waals surface area contributed by atoms with Crippen molar-refractivity contribution in [1.82, 2.24) is 25.1 Å². The van der Waals surface area contributed by atoms with Crippen molar-refractivity contribution in [3.8, 4) is 11.4 Å². The molecule has 0 saturated heterocycles. The first-order chi connectivity index (χ1) is 13.1. The number of hydrogen-bond acceptors (Lipinski definition) is 5. The van der Waals surface area contributed by atoms with E-state index in [0.29, 0.717) is 29.7 Å². The van der Waals surface area contributed by atoms with Crippen molar-refractivity contribution in [1.29, 1.82) is 0 Å². The molecule has 3 atom stereocenters. The van der Waals surface area contributed by atoms with Gasteiger partial charge in [0.05, 0.1) is 5.75 Å². The molecular weight excluding hydrogens is 358 g/mol. The lowest BCUT2D eigenvalue weighted by atomic mass is 9.78. The van der Waals surface area contributed by atoms with E-state index in [2.05, 4.69) is 38.9 Å². The van der Waals surface area contributed by atoms with E-state index in [-0.39, 0.29) is 5.91 Å². The second-order valence-corrected chi connectivity index (χ2v) is 8.82. The van der Waals surface area contributed by atoms with Gasteiger partial charge in [0.1, 0.15) is 0 Å². The van der Waals surface area contributed by atoms with Gasteiger partial charge in [-0.25, -0.2) is 0 Å². The van der Waals surface area contributed by atoms with Gasteiger partial charge >= 0.3 is 0 Å². The monoisotopic (exact) mass is 385 g/mol. The smallest absolute Gasteiger partial charge is 0.230 e. The average Bonchev–Trinajstić information content (AvgIpc) is 3.43. The molecule has 2 heterocycles. The molecule has 144 valence electrons. The summed E-state index contributed by atoms with van der Waals surface area (Å²) in [7, 11) is 0. The predicted molar refractivity (Wildman–Crippen MR) is 106 cm³/mol. The minimum absolute atomic E-state index is 0.0989. The van der Waals surface area contributed by atoms with Crippen LogP contribution in [0.15, 0.2) is 29.7 Å². The molecule has 0 radical (unpaired) electrons. The fraction of sp³-hybridized carbons (Fsp3) is 0.600. The van der Waals surface area contributed by atoms with Crippen LogP contribution in [0.25, 0.3) is 11.4 Å². The second kappa shape index (κ2) is 8.00. The van der Waals surface area contributed by atoms with Crippen LogP contribution in [0.5, 0.6) is 0 Å². The van der Waals surface area contributed by atoms with Gasteiger partial charge in [0.15, 0.2) is 11.0 Å². The molecular formula is C20H27N5OS. The van der Waals surface area contributed by atoms with E-state index in [1.807, 2.05) is 12.1 Å². The summed E-state index contributed by atoms with van der Waals surface area (Å²) in [5.74, 6) is 2.58. The minimum atomic E-state index is 0.0989. The topological polar surface area (TPSA) is 72.7 Å². The van der Waals surface area contributed by atoms with Crippen LogP contribution in [0.3, 0.4) is 0 Å². The van der Waals surface area contributed by atoms with Crippen LogP contribution < -0.4 is 5.32 Å². The number of carbonyl (C=O) groups is 1. The lowest BCUT2D eigenvalue weighted by Crippen LogP contribution is -2.44. The molecule has 0 unspecified atom stereocenters. The van der Waals surface area contributed by atoms with Crippen LogP contribution in [0.4, 0.5) is 0 Å². The van der Waals surface area contributed by atoms with Gasteiger partial charge in [-0.1, -0.05) is 38.5 Å². The molecule has 0 aliphatic heterocycles. The number of carbonyl (C=O) groups excluding carboxylic acids is 1. The Balaban J connectivity index is 1.41. The zero-order chi connectivity index (χ0) is 18.8. The number of nitrogens with one attached hydrogen (secondary N) is 1. The Hall–Kier alpha value is -1.89. The van der Waals surface area contributed by atoms with E-state index in [9.17, 15) is 4.79 Å². The lowest BCUT2D eigenvalue weighted by molar-refractivity contribution is -0.120. The maximum absolute atomic E-state index is 12.5. The van der Waals surface area contributed by atoms with Gasteiger partial charge in [-0.05, 0) is 43.2 Å². The summed E-state index contributed by atoms with van der Waals surface area (Å²) in [4.78, 5) is 16.6. The van der Waals surface area contributed by atoms with Gasteiger partial charge in [0.25, 0.3) is 0 Å². The zero-order valence-corrected chi connectivity index (χ0v) is 16.8. The van der Waals surface area contributed by atoms with Crippen molar-refractivity contribution in [2.75, 3.05) is 5.75 Å². The average molecular weight is 386 g/mol. The first kappa shape index (κ1) is 18.5. The van der Waals surface area contributed by atoms with Crippen LogP contribution in [0.1, 0.15) is 52.0 Å². The van der Waals surface area contributed by atoms with Crippen molar-refractivity contribution in [2.45, 2.75) is 63.2 Å². The van der Waals surface area contributed by atoms with Crippen molar-refractivity contribution in [2.24, 2.45) is 11.8 Å². The van der Waals surface area contributed by atoms with E-state index >= 15 is 0 Å². The Morgan fingerprint density at radius 1 is 1.19 bits per heavy atom. The van der Waals surface area contributed by atoms with Gasteiger partial charge < -0.3 is 5.32 Å². The first-order valence-electron chi connectivity index (χ1n) is 9.91. The Kier molecular flexibility index (Phi) is 5.48. The molecule has 2 aliphatic carbocycles. The fourth-order valence-electron chi connectivity index (χ4n) is 3.90. The highest BCUT2D eigenvalue weighted by Crippen LogP contribution is 2.41. The number of nitrogens with zero attached hydrogens (tertiary/aromatic N) is 4. The first-order valence-corrected chi connectivity index (χ1v) is 10.9. The minimum Gasteiger partial charge on any atom is -0.352 e. The molecule has 0 aromatic carbocycles. The summed E-state index contributed by atoms with van der Waals surface area (Å²) in [6, 6.07) is 4.66. The van der Waals surface area contributed by atoms with E-state index in [1.165, 1.54) is 24.6 Å². The fourth-order valence-corrected chi connectivity index (χ4v) is 4.72. The molecule has 1 amide bonds. The van der Waals surface area contributed by atoms with Crippen LogP contribution in [0.2, 0.25) is 0 Å². The number of aromatic nitrogens is 4. The van der Waals surface area contributed by atoms with Crippen molar-refractivity contribution in [3.05, 3.63) is 24.5 Å². The molecule has 2 aromatic heterocycles. The maximum Gasteiger partial charge on any atom is 0.230 e. The Bertz CT molecular complexity index is 789. The molecule has 2 aromatic rings. The van der Waals surface area contributed by atoms with Crippen molar-refractivity contribution < 1.29 is 4.79 Å². The summed E-state index contributed by atoms with van der Waals surface area (Å²) in [5.41, 5.74) is 1.02. The van der Waals surface area contributed by atoms with E-state index < -0.39 is 0 Å². The molecule has 2 fully saturated rings. The van der Waals surface area contributed by atoms with Crippen LogP contribution in [-0.4, -0.2) is 37.5 Å². The molecule has 1 N–H and O–H groups in total. The highest BCUT2D eigenvalue weighted by Gasteiger charge is 2.31. The molecule has 0 bridgehead atoms. The van der Waals surface area contributed by atoms with Gasteiger partial charge in [0.2, 0.25) is 5.91 Å². The molecule has 2 saturated carbocycles. The normalized spacial score (nSPS) is 25.3. The number of pyridine rings is 1. The molecule has 2 aliphatic rings. The highest BCUT2D eigenvalue weighted by molar-refractivity contribution is 7.99.